The third kappa shape index (κ3) is 4.59. The number of carbonyl (C=O) groups is 1. The van der Waals surface area contributed by atoms with Crippen molar-refractivity contribution in [3.63, 3.8) is 0 Å². The van der Waals surface area contributed by atoms with Gasteiger partial charge in [-0.1, -0.05) is 35.5 Å². The van der Waals surface area contributed by atoms with E-state index < -0.39 is 5.91 Å². The number of nitrogen functional groups attached to an aromatic ring is 1. The number of nitrogens with one attached hydrogen (secondary N) is 1. The number of amides is 1. The van der Waals surface area contributed by atoms with Crippen LogP contribution in [0.1, 0.15) is 21.7 Å². The van der Waals surface area contributed by atoms with Gasteiger partial charge in [0.2, 0.25) is 11.6 Å². The second-order valence-electron chi connectivity index (χ2n) is 6.31. The number of nitrogens with two attached hydrogens (primary N) is 1. The summed E-state index contributed by atoms with van der Waals surface area (Å²) < 4.78 is 11.3. The van der Waals surface area contributed by atoms with Crippen LogP contribution < -0.4 is 15.9 Å². The maximum absolute atomic E-state index is 12.8. The molecular formula is C20H18N8O3S. The van der Waals surface area contributed by atoms with Gasteiger partial charge in [-0.3, -0.25) is 4.79 Å². The topological polar surface area (TPSA) is 146 Å². The monoisotopic (exact) mass is 450 g/mol. The van der Waals surface area contributed by atoms with Crippen LogP contribution in [0.4, 0.5) is 5.82 Å². The molecule has 0 fully saturated rings. The predicted molar refractivity (Wildman–Crippen MR) is 118 cm³/mol. The van der Waals surface area contributed by atoms with Gasteiger partial charge in [-0.25, -0.2) is 10.1 Å². The smallest absolute Gasteiger partial charge is 0.293 e. The molecule has 0 saturated heterocycles. The minimum atomic E-state index is -0.541. The van der Waals surface area contributed by atoms with E-state index in [4.69, 9.17) is 10.5 Å². The first-order chi connectivity index (χ1) is 15.7. The molecule has 2 aromatic heterocycles. The van der Waals surface area contributed by atoms with Crippen LogP contribution in [0.2, 0.25) is 0 Å². The molecule has 0 radical (unpaired) electrons. The zero-order chi connectivity index (χ0) is 22.3. The SMILES string of the molecule is COc1ccccc1/C=N/NC(=O)c1nnn(-c2nonc2N)c1CSc1ccccc1. The minimum absolute atomic E-state index is 0.0296. The van der Waals surface area contributed by atoms with E-state index in [0.29, 0.717) is 22.8 Å². The molecule has 4 aromatic rings. The molecule has 32 heavy (non-hydrogen) atoms. The summed E-state index contributed by atoms with van der Waals surface area (Å²) in [7, 11) is 1.56. The molecule has 2 heterocycles. The van der Waals surface area contributed by atoms with Gasteiger partial charge in [0.05, 0.1) is 19.0 Å². The number of anilines is 1. The lowest BCUT2D eigenvalue weighted by Crippen LogP contribution is -2.20. The van der Waals surface area contributed by atoms with Crippen molar-refractivity contribution in [2.45, 2.75) is 10.6 Å². The second-order valence-corrected chi connectivity index (χ2v) is 7.36. The second kappa shape index (κ2) is 9.75. The summed E-state index contributed by atoms with van der Waals surface area (Å²) in [6.45, 7) is 0. The molecule has 0 aliphatic carbocycles. The van der Waals surface area contributed by atoms with E-state index in [2.05, 4.69) is 35.8 Å². The molecule has 1 amide bonds. The van der Waals surface area contributed by atoms with Crippen molar-refractivity contribution in [1.29, 1.82) is 0 Å². The molecule has 0 atom stereocenters. The summed E-state index contributed by atoms with van der Waals surface area (Å²) in [4.78, 5) is 13.8. The number of ether oxygens (including phenoxy) is 1. The molecule has 0 bridgehead atoms. The standard InChI is InChI=1S/C20H18N8O3S/c1-30-16-10-6-5-7-13(16)11-22-24-20(29)17-15(12-32-14-8-3-2-4-9-14)28(27-23-17)19-18(21)25-31-26-19/h2-11H,12H2,1H3,(H2,21,25)(H,24,29)/b22-11+. The molecule has 0 aliphatic heterocycles. The molecule has 0 unspecified atom stereocenters. The van der Waals surface area contributed by atoms with E-state index in [-0.39, 0.29) is 17.3 Å². The Balaban J connectivity index is 1.58. The number of nitrogens with zero attached hydrogens (tertiary/aromatic N) is 6. The van der Waals surface area contributed by atoms with Crippen LogP contribution >= 0.6 is 11.8 Å². The Kier molecular flexibility index (Phi) is 6.41. The molecule has 2 aromatic carbocycles. The highest BCUT2D eigenvalue weighted by Gasteiger charge is 2.24. The number of rotatable bonds is 8. The maximum atomic E-state index is 12.8. The van der Waals surface area contributed by atoms with E-state index in [1.165, 1.54) is 22.7 Å². The van der Waals surface area contributed by atoms with Gasteiger partial charge in [0.1, 0.15) is 5.75 Å². The van der Waals surface area contributed by atoms with Crippen LogP contribution in [-0.2, 0) is 5.75 Å². The van der Waals surface area contributed by atoms with Gasteiger partial charge in [-0.05, 0) is 34.6 Å². The summed E-state index contributed by atoms with van der Waals surface area (Å²) in [6, 6.07) is 17.0. The molecule has 3 N–H and O–H groups in total. The van der Waals surface area contributed by atoms with E-state index in [1.54, 1.807) is 13.2 Å². The zero-order valence-corrected chi connectivity index (χ0v) is 17.7. The molecule has 0 aliphatic rings. The Bertz CT molecular complexity index is 1240. The van der Waals surface area contributed by atoms with Crippen molar-refractivity contribution in [1.82, 2.24) is 30.7 Å². The molecule has 162 valence electrons. The highest BCUT2D eigenvalue weighted by Crippen LogP contribution is 2.25. The van der Waals surface area contributed by atoms with Crippen molar-refractivity contribution in [2.24, 2.45) is 5.10 Å². The largest absolute Gasteiger partial charge is 0.496 e. The number of carbonyl (C=O) groups excluding carboxylic acids is 1. The fraction of sp³-hybridized carbons (Fsp3) is 0.100. The van der Waals surface area contributed by atoms with Gasteiger partial charge in [-0.2, -0.15) is 9.78 Å². The Morgan fingerprint density at radius 3 is 2.75 bits per heavy atom. The molecule has 11 nitrogen and oxygen atoms in total. The molecule has 4 rings (SSSR count). The van der Waals surface area contributed by atoms with Crippen LogP contribution in [0, 0.1) is 0 Å². The number of aromatic nitrogens is 5. The highest BCUT2D eigenvalue weighted by molar-refractivity contribution is 7.98. The maximum Gasteiger partial charge on any atom is 0.293 e. The molecule has 0 saturated carbocycles. The minimum Gasteiger partial charge on any atom is -0.496 e. The number of hydrazone groups is 1. The fourth-order valence-electron chi connectivity index (χ4n) is 2.77. The first-order valence-corrected chi connectivity index (χ1v) is 10.3. The third-order valence-corrected chi connectivity index (χ3v) is 5.33. The normalized spacial score (nSPS) is 11.0. The third-order valence-electron chi connectivity index (χ3n) is 4.30. The lowest BCUT2D eigenvalue weighted by atomic mass is 10.2. The number of benzene rings is 2. The molecular weight excluding hydrogens is 432 g/mol. The van der Waals surface area contributed by atoms with Crippen LogP contribution in [-0.4, -0.2) is 44.5 Å². The molecule has 0 spiro atoms. The van der Waals surface area contributed by atoms with Crippen molar-refractivity contribution >= 4 is 29.7 Å². The van der Waals surface area contributed by atoms with Crippen LogP contribution in [0.5, 0.6) is 5.75 Å². The quantitative estimate of drug-likeness (QED) is 0.234. The fourth-order valence-corrected chi connectivity index (χ4v) is 3.68. The summed E-state index contributed by atoms with van der Waals surface area (Å²) >= 11 is 1.50. The average Bonchev–Trinajstić information content (AvgIpc) is 3.44. The summed E-state index contributed by atoms with van der Waals surface area (Å²) in [6.07, 6.45) is 1.49. The molecule has 12 heteroatoms. The van der Waals surface area contributed by atoms with Gasteiger partial charge in [0, 0.05) is 16.2 Å². The summed E-state index contributed by atoms with van der Waals surface area (Å²) in [5.41, 5.74) is 9.53. The van der Waals surface area contributed by atoms with Crippen molar-refractivity contribution in [3.05, 3.63) is 71.5 Å². The zero-order valence-electron chi connectivity index (χ0n) is 16.9. The number of hydrogen-bond acceptors (Lipinski definition) is 10. The van der Waals surface area contributed by atoms with Crippen molar-refractivity contribution < 1.29 is 14.2 Å². The highest BCUT2D eigenvalue weighted by atomic mass is 32.2. The van der Waals surface area contributed by atoms with E-state index >= 15 is 0 Å². The number of methoxy groups -OCH3 is 1. The number of thioether (sulfide) groups is 1. The van der Waals surface area contributed by atoms with E-state index in [9.17, 15) is 4.79 Å². The first kappa shape index (κ1) is 21.1. The Morgan fingerprint density at radius 2 is 2.00 bits per heavy atom. The van der Waals surface area contributed by atoms with Crippen LogP contribution in [0.15, 0.2) is 69.2 Å². The lowest BCUT2D eigenvalue weighted by molar-refractivity contribution is 0.0949. The van der Waals surface area contributed by atoms with Gasteiger partial charge >= 0.3 is 0 Å². The van der Waals surface area contributed by atoms with E-state index in [1.807, 2.05) is 48.5 Å². The summed E-state index contributed by atoms with van der Waals surface area (Å²) in [5, 5.41) is 19.4. The average molecular weight is 450 g/mol. The lowest BCUT2D eigenvalue weighted by Gasteiger charge is -2.06. The van der Waals surface area contributed by atoms with Gasteiger partial charge in [0.15, 0.2) is 5.69 Å². The van der Waals surface area contributed by atoms with Crippen LogP contribution in [0.3, 0.4) is 0 Å². The van der Waals surface area contributed by atoms with Crippen molar-refractivity contribution in [3.8, 4) is 11.6 Å². The van der Waals surface area contributed by atoms with Crippen molar-refractivity contribution in [2.75, 3.05) is 12.8 Å². The van der Waals surface area contributed by atoms with Gasteiger partial charge in [0.25, 0.3) is 5.91 Å². The Morgan fingerprint density at radius 1 is 1.22 bits per heavy atom. The summed E-state index contributed by atoms with van der Waals surface area (Å²) in [5.74, 6) is 0.633. The Labute approximate surface area is 186 Å². The first-order valence-electron chi connectivity index (χ1n) is 9.34. The Hall–Kier alpha value is -4.19. The van der Waals surface area contributed by atoms with Crippen LogP contribution in [0.25, 0.3) is 5.82 Å². The van der Waals surface area contributed by atoms with Gasteiger partial charge in [-0.15, -0.1) is 16.9 Å². The number of hydrogen-bond donors (Lipinski definition) is 2. The van der Waals surface area contributed by atoms with Gasteiger partial charge < -0.3 is 10.5 Å². The van der Waals surface area contributed by atoms with E-state index in [0.717, 1.165) is 4.90 Å². The number of para-hydroxylation sites is 1. The predicted octanol–water partition coefficient (Wildman–Crippen LogP) is 2.30.